The van der Waals surface area contributed by atoms with Gasteiger partial charge in [0.25, 0.3) is 0 Å². The molecule has 1 rings (SSSR count). The van der Waals surface area contributed by atoms with Crippen LogP contribution in [0.3, 0.4) is 0 Å². The minimum absolute atomic E-state index is 0.243. The summed E-state index contributed by atoms with van der Waals surface area (Å²) in [6, 6.07) is 4.94. The average molecular weight is 504 g/mol. The van der Waals surface area contributed by atoms with E-state index in [9.17, 15) is 19.2 Å². The molecule has 0 saturated carbocycles. The number of rotatable bonds is 13. The first-order valence-electron chi connectivity index (χ1n) is 12.2. The van der Waals surface area contributed by atoms with Crippen molar-refractivity contribution in [2.24, 2.45) is 11.7 Å². The van der Waals surface area contributed by atoms with E-state index in [2.05, 4.69) is 27.8 Å². The SMILES string of the molecule is C=CCCc1ccc(NC(=O)[C@H](CCCNC(N)=O)NC(=O)[C@@H](NC(=O)OC(C)(C)C)C(C)C)cc1. The van der Waals surface area contributed by atoms with Crippen LogP contribution in [-0.4, -0.2) is 48.2 Å². The van der Waals surface area contributed by atoms with Gasteiger partial charge in [-0.15, -0.1) is 6.58 Å². The lowest BCUT2D eigenvalue weighted by Crippen LogP contribution is -2.55. The van der Waals surface area contributed by atoms with Crippen molar-refractivity contribution >= 4 is 29.6 Å². The van der Waals surface area contributed by atoms with E-state index in [1.807, 2.05) is 18.2 Å². The van der Waals surface area contributed by atoms with Gasteiger partial charge >= 0.3 is 12.1 Å². The molecule has 0 fully saturated rings. The van der Waals surface area contributed by atoms with Crippen molar-refractivity contribution in [3.05, 3.63) is 42.5 Å². The van der Waals surface area contributed by atoms with Crippen LogP contribution in [-0.2, 0) is 20.7 Å². The van der Waals surface area contributed by atoms with E-state index in [1.54, 1.807) is 46.8 Å². The fraction of sp³-hybridized carbons (Fsp3) is 0.538. The third-order valence-electron chi connectivity index (χ3n) is 5.08. The largest absolute Gasteiger partial charge is 0.444 e. The maximum atomic E-state index is 13.1. The van der Waals surface area contributed by atoms with Crippen LogP contribution in [0.2, 0.25) is 0 Å². The molecule has 0 bridgehead atoms. The molecule has 2 atom stereocenters. The second-order valence-electron chi connectivity index (χ2n) is 9.88. The van der Waals surface area contributed by atoms with Gasteiger partial charge in [-0.1, -0.05) is 32.1 Å². The summed E-state index contributed by atoms with van der Waals surface area (Å²) >= 11 is 0. The number of amides is 5. The number of nitrogens with two attached hydrogens (primary N) is 1. The molecule has 200 valence electrons. The monoisotopic (exact) mass is 503 g/mol. The Morgan fingerprint density at radius 1 is 1.06 bits per heavy atom. The summed E-state index contributed by atoms with van der Waals surface area (Å²) in [6.45, 7) is 12.7. The summed E-state index contributed by atoms with van der Waals surface area (Å²) < 4.78 is 5.27. The molecule has 36 heavy (non-hydrogen) atoms. The summed E-state index contributed by atoms with van der Waals surface area (Å²) in [5, 5.41) is 10.6. The molecule has 1 aromatic rings. The molecule has 0 aliphatic rings. The second kappa shape index (κ2) is 14.8. The Balaban J connectivity index is 2.93. The quantitative estimate of drug-likeness (QED) is 0.207. The second-order valence-corrected chi connectivity index (χ2v) is 9.88. The number of allylic oxidation sites excluding steroid dienone is 1. The Kier molecular flexibility index (Phi) is 12.5. The van der Waals surface area contributed by atoms with E-state index in [0.717, 1.165) is 18.4 Å². The highest BCUT2D eigenvalue weighted by molar-refractivity contribution is 5.98. The molecule has 10 heteroatoms. The number of aryl methyl sites for hydroxylation is 1. The topological polar surface area (TPSA) is 152 Å². The Morgan fingerprint density at radius 2 is 1.69 bits per heavy atom. The van der Waals surface area contributed by atoms with E-state index < -0.39 is 41.6 Å². The molecule has 0 aliphatic carbocycles. The van der Waals surface area contributed by atoms with Crippen LogP contribution in [0.5, 0.6) is 0 Å². The molecular weight excluding hydrogens is 462 g/mol. The molecular formula is C26H41N5O5. The van der Waals surface area contributed by atoms with Gasteiger partial charge in [0.15, 0.2) is 0 Å². The molecule has 6 N–H and O–H groups in total. The van der Waals surface area contributed by atoms with E-state index in [1.165, 1.54) is 0 Å². The Labute approximate surface area is 213 Å². The minimum atomic E-state index is -0.914. The molecule has 0 heterocycles. The van der Waals surface area contributed by atoms with Crippen molar-refractivity contribution in [1.82, 2.24) is 16.0 Å². The van der Waals surface area contributed by atoms with Crippen molar-refractivity contribution in [3.63, 3.8) is 0 Å². The maximum absolute atomic E-state index is 13.1. The van der Waals surface area contributed by atoms with Crippen LogP contribution in [0, 0.1) is 5.92 Å². The van der Waals surface area contributed by atoms with Crippen LogP contribution < -0.4 is 27.0 Å². The average Bonchev–Trinajstić information content (AvgIpc) is 2.77. The number of hydrogen-bond donors (Lipinski definition) is 5. The highest BCUT2D eigenvalue weighted by atomic mass is 16.6. The van der Waals surface area contributed by atoms with Crippen molar-refractivity contribution < 1.29 is 23.9 Å². The third-order valence-corrected chi connectivity index (χ3v) is 5.08. The summed E-state index contributed by atoms with van der Waals surface area (Å²) in [5.74, 6) is -1.19. The Hall–Kier alpha value is -3.56. The number of carbonyl (C=O) groups is 4. The first-order chi connectivity index (χ1) is 16.8. The van der Waals surface area contributed by atoms with Gasteiger partial charge in [-0.25, -0.2) is 9.59 Å². The van der Waals surface area contributed by atoms with E-state index >= 15 is 0 Å². The molecule has 0 aromatic heterocycles. The molecule has 5 amide bonds. The van der Waals surface area contributed by atoms with Gasteiger partial charge in [0.05, 0.1) is 0 Å². The number of primary amides is 1. The summed E-state index contributed by atoms with van der Waals surface area (Å²) in [4.78, 5) is 49.4. The summed E-state index contributed by atoms with van der Waals surface area (Å²) in [6.07, 6.45) is 3.47. The van der Waals surface area contributed by atoms with Crippen molar-refractivity contribution in [1.29, 1.82) is 0 Å². The molecule has 1 aromatic carbocycles. The zero-order valence-corrected chi connectivity index (χ0v) is 22.0. The van der Waals surface area contributed by atoms with Gasteiger partial charge in [-0.05, 0) is 70.1 Å². The van der Waals surface area contributed by atoms with E-state index in [-0.39, 0.29) is 18.9 Å². The van der Waals surface area contributed by atoms with Crippen LogP contribution in [0.15, 0.2) is 36.9 Å². The molecule has 0 spiro atoms. The lowest BCUT2D eigenvalue weighted by molar-refractivity contribution is -0.128. The number of benzene rings is 1. The fourth-order valence-corrected chi connectivity index (χ4v) is 3.27. The number of nitrogens with one attached hydrogen (secondary N) is 4. The van der Waals surface area contributed by atoms with Crippen LogP contribution >= 0.6 is 0 Å². The highest BCUT2D eigenvalue weighted by Crippen LogP contribution is 2.13. The first kappa shape index (κ1) is 30.5. The number of carbonyl (C=O) groups excluding carboxylic acids is 4. The first-order valence-corrected chi connectivity index (χ1v) is 12.2. The molecule has 0 aliphatic heterocycles. The van der Waals surface area contributed by atoms with Crippen molar-refractivity contribution in [3.8, 4) is 0 Å². The zero-order chi connectivity index (χ0) is 27.3. The Bertz CT molecular complexity index is 893. The molecule has 0 unspecified atom stereocenters. The van der Waals surface area contributed by atoms with Crippen molar-refractivity contribution in [2.75, 3.05) is 11.9 Å². The van der Waals surface area contributed by atoms with E-state index in [0.29, 0.717) is 12.1 Å². The zero-order valence-electron chi connectivity index (χ0n) is 22.0. The third kappa shape index (κ3) is 12.2. The smallest absolute Gasteiger partial charge is 0.408 e. The number of hydrogen-bond acceptors (Lipinski definition) is 5. The predicted octanol–water partition coefficient (Wildman–Crippen LogP) is 3.23. The summed E-state index contributed by atoms with van der Waals surface area (Å²) in [5.41, 5.74) is 6.08. The number of alkyl carbamates (subject to hydrolysis) is 1. The van der Waals surface area contributed by atoms with Crippen LogP contribution in [0.4, 0.5) is 15.3 Å². The lowest BCUT2D eigenvalue weighted by atomic mass is 10.0. The fourth-order valence-electron chi connectivity index (χ4n) is 3.27. The molecule has 0 saturated heterocycles. The molecule has 10 nitrogen and oxygen atoms in total. The van der Waals surface area contributed by atoms with Gasteiger partial charge in [-0.2, -0.15) is 0 Å². The van der Waals surface area contributed by atoms with Crippen LogP contribution in [0.25, 0.3) is 0 Å². The normalized spacial score (nSPS) is 12.7. The highest BCUT2D eigenvalue weighted by Gasteiger charge is 2.30. The van der Waals surface area contributed by atoms with Crippen molar-refractivity contribution in [2.45, 2.75) is 78.0 Å². The van der Waals surface area contributed by atoms with Gasteiger partial charge in [0, 0.05) is 12.2 Å². The van der Waals surface area contributed by atoms with Crippen LogP contribution in [0.1, 0.15) is 59.4 Å². The lowest BCUT2D eigenvalue weighted by Gasteiger charge is -2.27. The summed E-state index contributed by atoms with van der Waals surface area (Å²) in [7, 11) is 0. The predicted molar refractivity (Wildman–Crippen MR) is 140 cm³/mol. The molecule has 0 radical (unpaired) electrons. The minimum Gasteiger partial charge on any atom is -0.444 e. The number of urea groups is 1. The van der Waals surface area contributed by atoms with Gasteiger partial charge < -0.3 is 31.7 Å². The Morgan fingerprint density at radius 3 is 2.22 bits per heavy atom. The van der Waals surface area contributed by atoms with E-state index in [4.69, 9.17) is 10.5 Å². The maximum Gasteiger partial charge on any atom is 0.408 e. The number of ether oxygens (including phenoxy) is 1. The van der Waals surface area contributed by atoms with Gasteiger partial charge in [-0.3, -0.25) is 9.59 Å². The van der Waals surface area contributed by atoms with Gasteiger partial charge in [0.1, 0.15) is 17.7 Å². The van der Waals surface area contributed by atoms with Gasteiger partial charge in [0.2, 0.25) is 11.8 Å². The number of anilines is 1. The standard InChI is InChI=1S/C26H41N5O5/c1-7-8-10-18-12-14-19(15-13-18)29-22(32)20(11-9-16-28-24(27)34)30-23(33)21(17(2)3)31-25(35)36-26(4,5)6/h7,12-15,17,20-21H,1,8-11,16H2,2-6H3,(H,29,32)(H,30,33)(H,31,35)(H3,27,28,34)/t20-,21-/m0/s1.